The number of rotatable bonds is 5. The van der Waals surface area contributed by atoms with E-state index in [0.29, 0.717) is 0 Å². The lowest BCUT2D eigenvalue weighted by atomic mass is 10.2. The topological polar surface area (TPSA) is 117 Å². The van der Waals surface area contributed by atoms with Crippen LogP contribution >= 0.6 is 0 Å². The molecule has 0 aliphatic carbocycles. The smallest absolute Gasteiger partial charge is 0.360 e. The van der Waals surface area contributed by atoms with Crippen LogP contribution in [-0.2, 0) is 6.61 Å². The minimum absolute atomic E-state index is 0.0180. The predicted octanol–water partition coefficient (Wildman–Crippen LogP) is 2.81. The van der Waals surface area contributed by atoms with Gasteiger partial charge in [-0.1, -0.05) is 30.3 Å². The summed E-state index contributed by atoms with van der Waals surface area (Å²) in [6.07, 6.45) is 1.39. The van der Waals surface area contributed by atoms with Crippen molar-refractivity contribution >= 4 is 11.6 Å². The molecular formula is C15H12N4O4. The number of nitro groups is 1. The second-order valence-corrected chi connectivity index (χ2v) is 4.59. The van der Waals surface area contributed by atoms with Crippen molar-refractivity contribution in [1.29, 1.82) is 0 Å². The highest BCUT2D eigenvalue weighted by atomic mass is 16.6. The van der Waals surface area contributed by atoms with Gasteiger partial charge in [0.15, 0.2) is 11.5 Å². The second kappa shape index (κ2) is 6.14. The third-order valence-electron chi connectivity index (χ3n) is 3.02. The van der Waals surface area contributed by atoms with Crippen LogP contribution in [0.3, 0.4) is 0 Å². The van der Waals surface area contributed by atoms with Crippen molar-refractivity contribution in [3.05, 3.63) is 64.4 Å². The van der Waals surface area contributed by atoms with Gasteiger partial charge >= 0.3 is 5.69 Å². The number of nitrogens with two attached hydrogens (primary N) is 1. The number of furan rings is 1. The Hall–Kier alpha value is -3.42. The SMILES string of the molecule is Nc1nc(OCc2ccccc2)c([N+](=O)[O-])c(-c2ccco2)n1. The van der Waals surface area contributed by atoms with Crippen LogP contribution in [0.25, 0.3) is 11.5 Å². The predicted molar refractivity (Wildman–Crippen MR) is 81.6 cm³/mol. The van der Waals surface area contributed by atoms with E-state index in [-0.39, 0.29) is 35.6 Å². The van der Waals surface area contributed by atoms with E-state index in [9.17, 15) is 10.1 Å². The van der Waals surface area contributed by atoms with Crippen molar-refractivity contribution in [1.82, 2.24) is 9.97 Å². The molecule has 0 bridgehead atoms. The summed E-state index contributed by atoms with van der Waals surface area (Å²) in [5.74, 6) is -0.113. The lowest BCUT2D eigenvalue weighted by molar-refractivity contribution is -0.385. The van der Waals surface area contributed by atoms with Crippen LogP contribution < -0.4 is 10.5 Å². The molecule has 0 aliphatic rings. The first-order valence-corrected chi connectivity index (χ1v) is 6.67. The van der Waals surface area contributed by atoms with Crippen molar-refractivity contribution in [2.24, 2.45) is 0 Å². The number of anilines is 1. The van der Waals surface area contributed by atoms with E-state index >= 15 is 0 Å². The molecule has 2 heterocycles. The maximum absolute atomic E-state index is 11.4. The zero-order valence-electron chi connectivity index (χ0n) is 11.9. The molecule has 0 saturated heterocycles. The van der Waals surface area contributed by atoms with Crippen LogP contribution in [0.5, 0.6) is 5.88 Å². The van der Waals surface area contributed by atoms with Crippen molar-refractivity contribution < 1.29 is 14.1 Å². The number of benzene rings is 1. The van der Waals surface area contributed by atoms with Crippen LogP contribution in [0.4, 0.5) is 11.6 Å². The lowest BCUT2D eigenvalue weighted by Crippen LogP contribution is -2.07. The van der Waals surface area contributed by atoms with Gasteiger partial charge in [-0.3, -0.25) is 10.1 Å². The molecule has 0 fully saturated rings. The summed E-state index contributed by atoms with van der Waals surface area (Å²) >= 11 is 0. The summed E-state index contributed by atoms with van der Waals surface area (Å²) < 4.78 is 10.7. The van der Waals surface area contributed by atoms with Crippen molar-refractivity contribution in [2.45, 2.75) is 6.61 Å². The highest BCUT2D eigenvalue weighted by Gasteiger charge is 2.28. The number of ether oxygens (including phenoxy) is 1. The minimum atomic E-state index is -0.613. The molecule has 116 valence electrons. The van der Waals surface area contributed by atoms with Crippen molar-refractivity contribution in [3.8, 4) is 17.3 Å². The van der Waals surface area contributed by atoms with Crippen LogP contribution in [0.1, 0.15) is 5.56 Å². The van der Waals surface area contributed by atoms with Crippen LogP contribution in [0.2, 0.25) is 0 Å². The molecule has 3 rings (SSSR count). The Balaban J connectivity index is 2.00. The molecule has 0 unspecified atom stereocenters. The first-order valence-electron chi connectivity index (χ1n) is 6.67. The third kappa shape index (κ3) is 3.10. The summed E-state index contributed by atoms with van der Waals surface area (Å²) in [4.78, 5) is 18.6. The molecule has 8 nitrogen and oxygen atoms in total. The Morgan fingerprint density at radius 1 is 1.17 bits per heavy atom. The van der Waals surface area contributed by atoms with E-state index in [1.807, 2.05) is 30.3 Å². The molecule has 0 saturated carbocycles. The molecule has 0 aliphatic heterocycles. The Morgan fingerprint density at radius 2 is 1.96 bits per heavy atom. The van der Waals surface area contributed by atoms with Gasteiger partial charge in [-0.2, -0.15) is 4.98 Å². The van der Waals surface area contributed by atoms with Gasteiger partial charge in [-0.25, -0.2) is 4.98 Å². The quantitative estimate of drug-likeness (QED) is 0.568. The summed E-state index contributed by atoms with van der Waals surface area (Å²) in [6, 6.07) is 12.4. The van der Waals surface area contributed by atoms with E-state index in [1.54, 1.807) is 12.1 Å². The van der Waals surface area contributed by atoms with Gasteiger partial charge in [-0.05, 0) is 17.7 Å². The fourth-order valence-electron chi connectivity index (χ4n) is 2.03. The van der Waals surface area contributed by atoms with Gasteiger partial charge in [0.1, 0.15) is 6.61 Å². The summed E-state index contributed by atoms with van der Waals surface area (Å²) in [7, 11) is 0. The van der Waals surface area contributed by atoms with Crippen molar-refractivity contribution in [3.63, 3.8) is 0 Å². The Labute approximate surface area is 130 Å². The van der Waals surface area contributed by atoms with E-state index in [2.05, 4.69) is 9.97 Å². The number of hydrogen-bond donors (Lipinski definition) is 1. The van der Waals surface area contributed by atoms with Gasteiger partial charge in [0, 0.05) is 0 Å². The van der Waals surface area contributed by atoms with Gasteiger partial charge < -0.3 is 14.9 Å². The zero-order valence-corrected chi connectivity index (χ0v) is 11.9. The largest absolute Gasteiger partial charge is 0.468 e. The lowest BCUT2D eigenvalue weighted by Gasteiger charge is -2.08. The Bertz CT molecular complexity index is 819. The molecule has 8 heteroatoms. The first kappa shape index (κ1) is 14.5. The van der Waals surface area contributed by atoms with Crippen LogP contribution in [0.15, 0.2) is 53.1 Å². The second-order valence-electron chi connectivity index (χ2n) is 4.59. The molecule has 2 N–H and O–H groups in total. The molecule has 0 spiro atoms. The molecule has 0 radical (unpaired) electrons. The fraction of sp³-hybridized carbons (Fsp3) is 0.0667. The summed E-state index contributed by atoms with van der Waals surface area (Å²) in [5.41, 5.74) is 6.08. The number of aromatic nitrogens is 2. The molecule has 0 amide bonds. The molecular weight excluding hydrogens is 300 g/mol. The average molecular weight is 312 g/mol. The maximum atomic E-state index is 11.4. The van der Waals surface area contributed by atoms with E-state index < -0.39 is 4.92 Å². The van der Waals surface area contributed by atoms with Crippen LogP contribution in [-0.4, -0.2) is 14.9 Å². The standard InChI is InChI=1S/C15H12N4O4/c16-15-17-12(11-7-4-8-22-11)13(19(20)21)14(18-15)23-9-10-5-2-1-3-6-10/h1-8H,9H2,(H2,16,17,18). The molecule has 23 heavy (non-hydrogen) atoms. The normalized spacial score (nSPS) is 10.4. The molecule has 2 aromatic heterocycles. The fourth-order valence-corrected chi connectivity index (χ4v) is 2.03. The first-order chi connectivity index (χ1) is 11.1. The summed E-state index contributed by atoms with van der Waals surface area (Å²) in [5, 5.41) is 11.4. The number of nitrogen functional groups attached to an aromatic ring is 1. The number of hydrogen-bond acceptors (Lipinski definition) is 7. The van der Waals surface area contributed by atoms with Crippen LogP contribution in [0, 0.1) is 10.1 Å². The maximum Gasteiger partial charge on any atom is 0.360 e. The Kier molecular flexibility index (Phi) is 3.88. The summed E-state index contributed by atoms with van der Waals surface area (Å²) in [6.45, 7) is 0.121. The minimum Gasteiger partial charge on any atom is -0.468 e. The molecule has 0 atom stereocenters. The van der Waals surface area contributed by atoms with E-state index in [1.165, 1.54) is 6.26 Å². The van der Waals surface area contributed by atoms with Gasteiger partial charge in [0.2, 0.25) is 5.95 Å². The molecule has 3 aromatic rings. The van der Waals surface area contributed by atoms with Gasteiger partial charge in [0.05, 0.1) is 11.2 Å². The highest BCUT2D eigenvalue weighted by molar-refractivity contribution is 5.69. The monoisotopic (exact) mass is 312 g/mol. The van der Waals surface area contributed by atoms with Gasteiger partial charge in [0.25, 0.3) is 5.88 Å². The zero-order chi connectivity index (χ0) is 16.2. The average Bonchev–Trinajstić information content (AvgIpc) is 3.07. The number of nitrogens with zero attached hydrogens (tertiary/aromatic N) is 3. The van der Waals surface area contributed by atoms with E-state index in [4.69, 9.17) is 14.9 Å². The van der Waals surface area contributed by atoms with Gasteiger partial charge in [-0.15, -0.1) is 0 Å². The third-order valence-corrected chi connectivity index (χ3v) is 3.02. The molecule has 1 aromatic carbocycles. The highest BCUT2D eigenvalue weighted by Crippen LogP contribution is 2.36. The van der Waals surface area contributed by atoms with E-state index in [0.717, 1.165) is 5.56 Å². The Morgan fingerprint density at radius 3 is 2.61 bits per heavy atom. The van der Waals surface area contributed by atoms with Crippen molar-refractivity contribution in [2.75, 3.05) is 5.73 Å².